The van der Waals surface area contributed by atoms with Crippen LogP contribution in [0.4, 0.5) is 9.18 Å². The fourth-order valence-electron chi connectivity index (χ4n) is 5.15. The minimum absolute atomic E-state index is 0.0411. The quantitative estimate of drug-likeness (QED) is 0.605. The fourth-order valence-corrected chi connectivity index (χ4v) is 5.15. The molecule has 0 radical (unpaired) electrons. The number of urea groups is 1. The average molecular weight is 470 g/mol. The summed E-state index contributed by atoms with van der Waals surface area (Å²) in [5.41, 5.74) is 0.867. The van der Waals surface area contributed by atoms with Crippen LogP contribution >= 0.6 is 0 Å². The first-order valence-corrected chi connectivity index (χ1v) is 11.7. The van der Waals surface area contributed by atoms with Crippen LogP contribution in [0.2, 0.25) is 0 Å². The van der Waals surface area contributed by atoms with Crippen LogP contribution in [0.1, 0.15) is 37.8 Å². The summed E-state index contributed by atoms with van der Waals surface area (Å²) < 4.78 is 18.4. The molecule has 0 bridgehead atoms. The molecule has 2 atom stereocenters. The number of imide groups is 1. The van der Waals surface area contributed by atoms with E-state index in [2.05, 4.69) is 17.1 Å². The van der Waals surface area contributed by atoms with Crippen molar-refractivity contribution in [1.29, 1.82) is 0 Å². The predicted molar refractivity (Wildman–Crippen MR) is 126 cm³/mol. The third-order valence-electron chi connectivity index (χ3n) is 7.30. The number of carbonyl (C=O) groups excluding carboxylic acids is 2. The fraction of sp³-hybridized carbons (Fsp3) is 0.462. The third kappa shape index (κ3) is 4.73. The maximum atomic E-state index is 13.3. The number of phenols is 1. The van der Waals surface area contributed by atoms with Gasteiger partial charge in [-0.1, -0.05) is 18.2 Å². The van der Waals surface area contributed by atoms with Crippen molar-refractivity contribution in [3.05, 3.63) is 59.4 Å². The molecular formula is C26H32FN3O4. The Morgan fingerprint density at radius 2 is 1.79 bits per heavy atom. The number of aromatic hydroxyl groups is 1. The van der Waals surface area contributed by atoms with E-state index in [9.17, 15) is 19.1 Å². The van der Waals surface area contributed by atoms with Gasteiger partial charge in [0, 0.05) is 6.04 Å². The van der Waals surface area contributed by atoms with Crippen molar-refractivity contribution in [2.24, 2.45) is 5.92 Å². The van der Waals surface area contributed by atoms with Crippen LogP contribution in [0, 0.1) is 11.7 Å². The molecule has 182 valence electrons. The summed E-state index contributed by atoms with van der Waals surface area (Å²) in [6.07, 6.45) is 2.42. The molecule has 0 spiro atoms. The number of halogens is 1. The SMILES string of the molecule is COc1cc(C[C@@H](C)N2CCC([C@]3(C)NC(=O)N(Cc4ccc(F)cc4)C3=O)CC2)ccc1O. The van der Waals surface area contributed by atoms with Gasteiger partial charge in [0.1, 0.15) is 11.4 Å². The van der Waals surface area contributed by atoms with Gasteiger partial charge in [-0.25, -0.2) is 9.18 Å². The van der Waals surface area contributed by atoms with Crippen molar-refractivity contribution in [1.82, 2.24) is 15.1 Å². The second-order valence-electron chi connectivity index (χ2n) is 9.52. The van der Waals surface area contributed by atoms with Crippen LogP contribution in [0.15, 0.2) is 42.5 Å². The van der Waals surface area contributed by atoms with E-state index in [-0.39, 0.29) is 36.0 Å². The number of methoxy groups -OCH3 is 1. The lowest BCUT2D eigenvalue weighted by atomic mass is 9.78. The number of phenolic OH excluding ortho intramolecular Hbond substituents is 1. The molecule has 8 heteroatoms. The Morgan fingerprint density at radius 3 is 2.44 bits per heavy atom. The Bertz CT molecular complexity index is 1050. The zero-order valence-corrected chi connectivity index (χ0v) is 19.9. The van der Waals surface area contributed by atoms with Gasteiger partial charge in [0.25, 0.3) is 5.91 Å². The Balaban J connectivity index is 1.36. The molecule has 2 N–H and O–H groups in total. The molecule has 3 amide bonds. The molecule has 34 heavy (non-hydrogen) atoms. The Hall–Kier alpha value is -3.13. The summed E-state index contributed by atoms with van der Waals surface area (Å²) in [6, 6.07) is 11.2. The summed E-state index contributed by atoms with van der Waals surface area (Å²) in [7, 11) is 1.54. The van der Waals surface area contributed by atoms with E-state index in [1.54, 1.807) is 18.2 Å². The van der Waals surface area contributed by atoms with E-state index in [0.29, 0.717) is 11.3 Å². The minimum atomic E-state index is -0.934. The van der Waals surface area contributed by atoms with Gasteiger partial charge >= 0.3 is 6.03 Å². The Labute approximate surface area is 199 Å². The van der Waals surface area contributed by atoms with Crippen molar-refractivity contribution in [3.63, 3.8) is 0 Å². The maximum absolute atomic E-state index is 13.3. The van der Waals surface area contributed by atoms with Gasteiger partial charge in [0.15, 0.2) is 11.5 Å². The van der Waals surface area contributed by atoms with Crippen molar-refractivity contribution >= 4 is 11.9 Å². The van der Waals surface area contributed by atoms with Gasteiger partial charge in [-0.05, 0) is 87.5 Å². The molecule has 2 aliphatic rings. The second-order valence-corrected chi connectivity index (χ2v) is 9.52. The number of benzene rings is 2. The standard InChI is InChI=1S/C26H32FN3O4/c1-17(14-19-6-9-22(31)23(15-19)34-3)29-12-10-20(11-13-29)26(2)24(32)30(25(33)28-26)16-18-4-7-21(27)8-5-18/h4-9,15,17,20,31H,10-14,16H2,1-3H3,(H,28,33)/t17-,26+/m1/s1. The molecule has 2 aromatic rings. The molecule has 2 saturated heterocycles. The third-order valence-corrected chi connectivity index (χ3v) is 7.30. The number of hydrogen-bond acceptors (Lipinski definition) is 5. The molecule has 0 aliphatic carbocycles. The highest BCUT2D eigenvalue weighted by Crippen LogP contribution is 2.35. The van der Waals surface area contributed by atoms with E-state index in [1.165, 1.54) is 24.1 Å². The number of carbonyl (C=O) groups is 2. The molecule has 4 rings (SSSR count). The van der Waals surface area contributed by atoms with Crippen molar-refractivity contribution in [2.75, 3.05) is 20.2 Å². The summed E-state index contributed by atoms with van der Waals surface area (Å²) in [5, 5.41) is 12.8. The van der Waals surface area contributed by atoms with Crippen LogP contribution in [0.25, 0.3) is 0 Å². The van der Waals surface area contributed by atoms with Gasteiger partial charge in [0.2, 0.25) is 0 Å². The lowest BCUT2D eigenvalue weighted by Gasteiger charge is -2.41. The number of rotatable bonds is 7. The van der Waals surface area contributed by atoms with E-state index >= 15 is 0 Å². The summed E-state index contributed by atoms with van der Waals surface area (Å²) in [5.74, 6) is 0.0712. The lowest BCUT2D eigenvalue weighted by molar-refractivity contribution is -0.133. The minimum Gasteiger partial charge on any atom is -0.504 e. The van der Waals surface area contributed by atoms with E-state index < -0.39 is 11.6 Å². The largest absolute Gasteiger partial charge is 0.504 e. The molecule has 0 saturated carbocycles. The Kier molecular flexibility index (Phi) is 6.79. The predicted octanol–water partition coefficient (Wildman–Crippen LogP) is 3.69. The molecule has 0 aromatic heterocycles. The summed E-state index contributed by atoms with van der Waals surface area (Å²) >= 11 is 0. The highest BCUT2D eigenvalue weighted by molar-refractivity contribution is 6.06. The molecule has 0 unspecified atom stereocenters. The molecule has 7 nitrogen and oxygen atoms in total. The number of ether oxygens (including phenoxy) is 1. The number of likely N-dealkylation sites (tertiary alicyclic amines) is 1. The highest BCUT2D eigenvalue weighted by atomic mass is 19.1. The van der Waals surface area contributed by atoms with Crippen molar-refractivity contribution < 1.29 is 23.8 Å². The van der Waals surface area contributed by atoms with Gasteiger partial charge < -0.3 is 20.1 Å². The van der Waals surface area contributed by atoms with Gasteiger partial charge in [-0.2, -0.15) is 0 Å². The molecule has 2 heterocycles. The molecule has 2 fully saturated rings. The van der Waals surface area contributed by atoms with Gasteiger partial charge in [-0.3, -0.25) is 9.69 Å². The van der Waals surface area contributed by atoms with Crippen molar-refractivity contribution in [2.45, 2.75) is 51.2 Å². The number of hydrogen-bond donors (Lipinski definition) is 2. The zero-order valence-electron chi connectivity index (χ0n) is 19.9. The van der Waals surface area contributed by atoms with Crippen LogP contribution in [0.5, 0.6) is 11.5 Å². The normalized spacial score (nSPS) is 22.6. The number of nitrogens with zero attached hydrogens (tertiary/aromatic N) is 2. The van der Waals surface area contributed by atoms with Crippen LogP contribution in [-0.4, -0.2) is 58.6 Å². The highest BCUT2D eigenvalue weighted by Gasteiger charge is 2.52. The van der Waals surface area contributed by atoms with Gasteiger partial charge in [0.05, 0.1) is 13.7 Å². The van der Waals surface area contributed by atoms with E-state index in [0.717, 1.165) is 37.9 Å². The van der Waals surface area contributed by atoms with Crippen LogP contribution in [-0.2, 0) is 17.8 Å². The first-order valence-electron chi connectivity index (χ1n) is 11.7. The zero-order chi connectivity index (χ0) is 24.5. The average Bonchev–Trinajstić information content (AvgIpc) is 3.05. The van der Waals surface area contributed by atoms with Crippen molar-refractivity contribution in [3.8, 4) is 11.5 Å². The summed E-state index contributed by atoms with van der Waals surface area (Å²) in [4.78, 5) is 29.6. The van der Waals surface area contributed by atoms with Crippen LogP contribution < -0.4 is 10.1 Å². The maximum Gasteiger partial charge on any atom is 0.325 e. The topological polar surface area (TPSA) is 82.1 Å². The van der Waals surface area contributed by atoms with E-state index in [1.807, 2.05) is 19.1 Å². The van der Waals surface area contributed by atoms with Crippen LogP contribution in [0.3, 0.4) is 0 Å². The first kappa shape index (κ1) is 24.0. The molecule has 2 aromatic carbocycles. The summed E-state index contributed by atoms with van der Waals surface area (Å²) in [6.45, 7) is 5.79. The number of amides is 3. The smallest absolute Gasteiger partial charge is 0.325 e. The monoisotopic (exact) mass is 469 g/mol. The lowest BCUT2D eigenvalue weighted by Crippen LogP contribution is -2.54. The van der Waals surface area contributed by atoms with E-state index in [4.69, 9.17) is 4.74 Å². The second kappa shape index (κ2) is 9.62. The Morgan fingerprint density at radius 1 is 1.15 bits per heavy atom. The number of nitrogens with one attached hydrogen (secondary N) is 1. The first-order chi connectivity index (χ1) is 16.2. The molecular weight excluding hydrogens is 437 g/mol. The molecule has 2 aliphatic heterocycles. The number of piperidine rings is 1. The van der Waals surface area contributed by atoms with Gasteiger partial charge in [-0.15, -0.1) is 0 Å².